The Morgan fingerprint density at radius 2 is 0.663 bits per heavy atom. The van der Waals surface area contributed by atoms with Gasteiger partial charge in [0.05, 0.1) is 86.7 Å². The maximum absolute atomic E-state index is 9.82. The molecule has 13 rings (SSSR count). The molecular formula is C63H53Cl10N8O4P. The SMILES string of the molecule is Clc1cc2c(cc1Cl)CC=C2.N[C@@H]1Cc2cc(Cl)c(Cl)cc2[C@H]1O.N[C@H]1Cc2cc(Cl)c(Cl)cc2[C@@H]1O.[N-]=[N+]=N[C@@H]1Cc2cc(Cl)c(Cl)cc2[C@H]1O.[N-]=[N+]=N[C@H]1Cc2cc(Cl)c(Cl)cc2[C@@H]1O.c1ccc(P(c2ccccc2)c2ccccc2)cc1. The van der Waals surface area contributed by atoms with Crippen LogP contribution in [0, 0.1) is 0 Å². The van der Waals surface area contributed by atoms with Crippen LogP contribution in [0.5, 0.6) is 0 Å². The Morgan fingerprint density at radius 1 is 0.384 bits per heavy atom. The van der Waals surface area contributed by atoms with Crippen molar-refractivity contribution in [3.05, 3.63) is 284 Å². The van der Waals surface area contributed by atoms with E-state index in [1.807, 2.05) is 12.1 Å². The molecule has 0 bridgehead atoms. The molecule has 0 aliphatic heterocycles. The number of allylic oxidation sites excluding steroid dienone is 1. The third-order valence-corrected chi connectivity index (χ3v) is 20.6. The van der Waals surface area contributed by atoms with Crippen LogP contribution in [0.4, 0.5) is 0 Å². The fourth-order valence-corrected chi connectivity index (χ4v) is 14.4. The van der Waals surface area contributed by atoms with Crippen LogP contribution >= 0.6 is 124 Å². The van der Waals surface area contributed by atoms with Gasteiger partial charge in [-0.3, -0.25) is 0 Å². The molecule has 23 heteroatoms. The van der Waals surface area contributed by atoms with Crippen molar-refractivity contribution in [3.63, 3.8) is 0 Å². The first kappa shape index (κ1) is 67.1. The van der Waals surface area contributed by atoms with Crippen LogP contribution in [-0.4, -0.2) is 44.6 Å². The summed E-state index contributed by atoms with van der Waals surface area (Å²) < 4.78 is 0. The van der Waals surface area contributed by atoms with Crippen LogP contribution in [0.2, 0.25) is 50.2 Å². The van der Waals surface area contributed by atoms with Crippen molar-refractivity contribution in [1.29, 1.82) is 0 Å². The molecule has 8 aromatic rings. The molecule has 0 fully saturated rings. The summed E-state index contributed by atoms with van der Waals surface area (Å²) in [5.41, 5.74) is 37.3. The summed E-state index contributed by atoms with van der Waals surface area (Å²) in [6.45, 7) is 0. The average Bonchev–Trinajstić information content (AvgIpc) is 3.23. The van der Waals surface area contributed by atoms with Crippen molar-refractivity contribution in [3.8, 4) is 0 Å². The van der Waals surface area contributed by atoms with Crippen molar-refractivity contribution >= 4 is 146 Å². The summed E-state index contributed by atoms with van der Waals surface area (Å²) >= 11 is 58.3. The molecule has 0 radical (unpaired) electrons. The molecule has 0 saturated heterocycles. The number of nitrogens with two attached hydrogens (primary N) is 2. The van der Waals surface area contributed by atoms with E-state index in [0.29, 0.717) is 87.0 Å². The maximum atomic E-state index is 9.82. The van der Waals surface area contributed by atoms with Gasteiger partial charge < -0.3 is 31.9 Å². The number of hydrogen-bond acceptors (Lipinski definition) is 8. The van der Waals surface area contributed by atoms with Crippen molar-refractivity contribution in [2.24, 2.45) is 21.7 Å². The van der Waals surface area contributed by atoms with E-state index in [4.69, 9.17) is 139 Å². The quantitative estimate of drug-likeness (QED) is 0.0424. The summed E-state index contributed by atoms with van der Waals surface area (Å²) in [6, 6.07) is 48.4. The fraction of sp³-hybridized carbons (Fsp3) is 0.206. The number of azide groups is 2. The van der Waals surface area contributed by atoms with Gasteiger partial charge in [-0.25, -0.2) is 0 Å². The Morgan fingerprint density at radius 3 is 0.988 bits per heavy atom. The van der Waals surface area contributed by atoms with Crippen LogP contribution in [0.15, 0.2) is 168 Å². The maximum Gasteiger partial charge on any atom is 0.0947 e. The molecule has 8 atom stereocenters. The standard InChI is InChI=1S/C18H15P.2C9H7Cl2N3O.2C9H9Cl2NO.C9H6Cl2/c1-4-10-16(11-5-1)19(17-12-6-2-7-13-17)18-14-8-3-9-15-18;2*10-6-1-4-2-8(13-14-12)9(15)5(4)3-7(6)11;2*10-6-1-4-2-8(12)9(13)5(4)3-7(6)11;10-8-4-6-2-1-3-7(6)5-9(8)11/h1-15H;2*1,3,8-9,15H,2H2;2*1,3,8-9,13H,2,12H2;1-2,4-5H,3H2/t;4*8-,9-;/m.1010./s1. The highest BCUT2D eigenvalue weighted by atomic mass is 35.5. The molecule has 0 saturated carbocycles. The monoisotopic (exact) mass is 1370 g/mol. The van der Waals surface area contributed by atoms with E-state index >= 15 is 0 Å². The third-order valence-electron chi connectivity index (χ3n) is 14.6. The fourth-order valence-electron chi connectivity index (χ4n) is 10.3. The number of aliphatic hydroxyl groups is 4. The van der Waals surface area contributed by atoms with Crippen molar-refractivity contribution in [1.82, 2.24) is 0 Å². The van der Waals surface area contributed by atoms with Gasteiger partial charge in [-0.15, -0.1) is 0 Å². The lowest BCUT2D eigenvalue weighted by molar-refractivity contribution is 0.159. The van der Waals surface area contributed by atoms with Gasteiger partial charge >= 0.3 is 0 Å². The van der Waals surface area contributed by atoms with Crippen molar-refractivity contribution < 1.29 is 20.4 Å². The van der Waals surface area contributed by atoms with Crippen LogP contribution in [0.3, 0.4) is 0 Å². The minimum atomic E-state index is -0.786. The molecule has 5 aliphatic rings. The molecule has 8 aromatic carbocycles. The third kappa shape index (κ3) is 16.5. The van der Waals surface area contributed by atoms with Crippen molar-refractivity contribution in [2.45, 2.75) is 80.7 Å². The highest BCUT2D eigenvalue weighted by Gasteiger charge is 2.33. The van der Waals surface area contributed by atoms with Gasteiger partial charge in [0.25, 0.3) is 0 Å². The van der Waals surface area contributed by atoms with E-state index < -0.39 is 44.4 Å². The highest BCUT2D eigenvalue weighted by Crippen LogP contribution is 2.41. The second kappa shape index (κ2) is 31.1. The lowest BCUT2D eigenvalue weighted by Gasteiger charge is -2.18. The largest absolute Gasteiger partial charge is 0.388 e. The average molecular weight is 1370 g/mol. The summed E-state index contributed by atoms with van der Waals surface area (Å²) in [6.07, 6.45) is 4.68. The molecule has 5 aliphatic carbocycles. The highest BCUT2D eigenvalue weighted by molar-refractivity contribution is 7.79. The minimum absolute atomic E-state index is 0.232. The number of rotatable bonds is 5. The van der Waals surface area contributed by atoms with Crippen LogP contribution < -0.4 is 27.4 Å². The Labute approximate surface area is 548 Å². The number of aliphatic hydroxyl groups excluding tert-OH is 4. The summed E-state index contributed by atoms with van der Waals surface area (Å²) in [4.78, 5) is 5.39. The van der Waals surface area contributed by atoms with Gasteiger partial charge in [-0.1, -0.05) is 229 Å². The molecule has 0 amide bonds. The van der Waals surface area contributed by atoms with Gasteiger partial charge in [0.2, 0.25) is 0 Å². The summed E-state index contributed by atoms with van der Waals surface area (Å²) in [7, 11) is -0.446. The van der Waals surface area contributed by atoms with Gasteiger partial charge in [0.15, 0.2) is 0 Å². The molecule has 12 nitrogen and oxygen atoms in total. The lowest BCUT2D eigenvalue weighted by atomic mass is 10.1. The summed E-state index contributed by atoms with van der Waals surface area (Å²) in [5.74, 6) is 0. The van der Waals surface area contributed by atoms with E-state index in [-0.39, 0.29) is 12.1 Å². The Kier molecular flexibility index (Phi) is 24.3. The molecule has 0 unspecified atom stereocenters. The normalized spacial score (nSPS) is 20.2. The number of halogens is 10. The Hall–Kier alpha value is -4.79. The van der Waals surface area contributed by atoms with Gasteiger partial charge in [0, 0.05) is 21.9 Å². The van der Waals surface area contributed by atoms with Gasteiger partial charge in [0.1, 0.15) is 0 Å². The molecule has 8 N–H and O–H groups in total. The first-order valence-corrected chi connectivity index (χ1v) is 31.6. The number of nitrogens with zero attached hydrogens (tertiary/aromatic N) is 6. The number of hydrogen-bond donors (Lipinski definition) is 6. The van der Waals surface area contributed by atoms with E-state index in [1.54, 1.807) is 48.5 Å². The van der Waals surface area contributed by atoms with Crippen LogP contribution in [-0.2, 0) is 32.1 Å². The zero-order chi connectivity index (χ0) is 61.9. The van der Waals surface area contributed by atoms with E-state index in [0.717, 1.165) is 39.8 Å². The van der Waals surface area contributed by atoms with E-state index in [1.165, 1.54) is 27.0 Å². The zero-order valence-electron chi connectivity index (χ0n) is 45.1. The topological polar surface area (TPSA) is 230 Å². The second-order valence-corrected chi connectivity index (χ2v) is 26.5. The van der Waals surface area contributed by atoms with Gasteiger partial charge in [-0.05, 0) is 183 Å². The first-order chi connectivity index (χ1) is 41.2. The van der Waals surface area contributed by atoms with Gasteiger partial charge in [-0.2, -0.15) is 0 Å². The molecule has 0 heterocycles. The molecular weight excluding hydrogens is 1320 g/mol. The van der Waals surface area contributed by atoms with E-state index in [9.17, 15) is 20.4 Å². The summed E-state index contributed by atoms with van der Waals surface area (Å²) in [5, 5.41) is 55.1. The van der Waals surface area contributed by atoms with Crippen LogP contribution in [0.25, 0.3) is 27.0 Å². The molecule has 444 valence electrons. The van der Waals surface area contributed by atoms with E-state index in [2.05, 4.69) is 123 Å². The second-order valence-electron chi connectivity index (χ2n) is 20.2. The van der Waals surface area contributed by atoms with Crippen LogP contribution in [0.1, 0.15) is 80.1 Å². The number of benzene rings is 8. The van der Waals surface area contributed by atoms with Crippen molar-refractivity contribution in [2.75, 3.05) is 0 Å². The molecule has 0 spiro atoms. The first-order valence-electron chi connectivity index (χ1n) is 26.5. The minimum Gasteiger partial charge on any atom is -0.388 e. The zero-order valence-corrected chi connectivity index (χ0v) is 53.6. The Balaban J connectivity index is 0.000000135. The lowest BCUT2D eigenvalue weighted by Crippen LogP contribution is -2.24. The molecule has 86 heavy (non-hydrogen) atoms. The predicted octanol–water partition coefficient (Wildman–Crippen LogP) is 17.4. The smallest absolute Gasteiger partial charge is 0.0947 e. The number of fused-ring (bicyclic) bond motifs is 5. The predicted molar refractivity (Wildman–Crippen MR) is 357 cm³/mol. The Bertz CT molecular complexity index is 3600. The molecule has 0 aromatic heterocycles.